The number of rotatable bonds is 12. The van der Waals surface area contributed by atoms with Gasteiger partial charge < -0.3 is 38.4 Å². The highest BCUT2D eigenvalue weighted by molar-refractivity contribution is 6.05. The van der Waals surface area contributed by atoms with E-state index in [1.165, 1.54) is 12.0 Å². The Balaban J connectivity index is 1.15. The third-order valence-electron chi connectivity index (χ3n) is 12.1. The van der Waals surface area contributed by atoms with Gasteiger partial charge in [-0.3, -0.25) is 9.59 Å². The van der Waals surface area contributed by atoms with Gasteiger partial charge in [-0.25, -0.2) is 4.79 Å². The number of Topliss-reactive ketones (excluding diaryl/α,β-unsaturated/α-hetero) is 1. The van der Waals surface area contributed by atoms with Crippen LogP contribution in [0.4, 0.5) is 4.79 Å². The fourth-order valence-electron chi connectivity index (χ4n) is 9.44. The van der Waals surface area contributed by atoms with E-state index in [0.717, 1.165) is 24.0 Å². The molecule has 3 bridgehead atoms. The zero-order valence-electron chi connectivity index (χ0n) is 32.0. The monoisotopic (exact) mass is 741 g/mol. The summed E-state index contributed by atoms with van der Waals surface area (Å²) in [4.78, 5) is 41.4. The van der Waals surface area contributed by atoms with Crippen molar-refractivity contribution in [2.24, 2.45) is 17.8 Å². The Bertz CT molecular complexity index is 1910. The van der Waals surface area contributed by atoms with Gasteiger partial charge in [-0.2, -0.15) is 0 Å². The summed E-state index contributed by atoms with van der Waals surface area (Å²) in [6.07, 6.45) is 5.33. The summed E-state index contributed by atoms with van der Waals surface area (Å²) in [6.45, 7) is 12.6. The van der Waals surface area contributed by atoms with Gasteiger partial charge in [0.25, 0.3) is 5.97 Å². The Morgan fingerprint density at radius 2 is 1.83 bits per heavy atom. The molecule has 3 fully saturated rings. The van der Waals surface area contributed by atoms with E-state index in [1.807, 2.05) is 56.3 Å². The first-order valence-corrected chi connectivity index (χ1v) is 18.9. The normalized spacial score (nSPS) is 33.2. The lowest BCUT2D eigenvalue weighted by molar-refractivity contribution is -0.421. The summed E-state index contributed by atoms with van der Waals surface area (Å²) in [6, 6.07) is 14.7. The van der Waals surface area contributed by atoms with Crippen LogP contribution in [0, 0.1) is 17.8 Å². The molecule has 1 N–H and O–H groups in total. The second-order valence-corrected chi connectivity index (χ2v) is 15.8. The molecule has 5 aliphatic rings. The zero-order chi connectivity index (χ0) is 38.6. The molecule has 2 aliphatic heterocycles. The van der Waals surface area contributed by atoms with E-state index in [9.17, 15) is 19.5 Å². The number of unbranched alkanes of at least 4 members (excludes halogenated alkanes) is 1. The standard InChI is InChI=1S/C43H51NO10/c1-8-9-17-44(6)39(47)51-33-16-15-30(20-34(33)49-7)21-36(45)50-25-31-19-32-38-41(26(2)3)22-28(5)43(32,35-18-27(4)37(46)40(35,48)23-31)54-42(52-38,53-41)24-29-13-11-10-12-14-29/h10-16,18-20,28,32,35,38,48H,2,8-9,17,21-25H2,1,3-7H3/t28-,32+,35-,38-,40-,41-,42-,43-/m1/s1. The Hall–Kier alpha value is -4.29. The lowest BCUT2D eigenvalue weighted by Gasteiger charge is -2.59. The molecule has 2 heterocycles. The van der Waals surface area contributed by atoms with Crippen LogP contribution in [0.5, 0.6) is 11.5 Å². The van der Waals surface area contributed by atoms with E-state index in [4.69, 9.17) is 28.4 Å². The maximum atomic E-state index is 13.9. The zero-order valence-corrected chi connectivity index (χ0v) is 32.0. The number of hydrogen-bond donors (Lipinski definition) is 1. The van der Waals surface area contributed by atoms with Crippen LogP contribution in [0.1, 0.15) is 64.5 Å². The van der Waals surface area contributed by atoms with Crippen LogP contribution in [0.25, 0.3) is 0 Å². The van der Waals surface area contributed by atoms with Crippen molar-refractivity contribution >= 4 is 17.8 Å². The van der Waals surface area contributed by atoms with Crippen molar-refractivity contribution in [1.29, 1.82) is 0 Å². The summed E-state index contributed by atoms with van der Waals surface area (Å²) in [7, 11) is 3.14. The molecule has 2 aromatic rings. The van der Waals surface area contributed by atoms with Gasteiger partial charge in [-0.05, 0) is 72.6 Å². The number of benzene rings is 2. The van der Waals surface area contributed by atoms with Crippen LogP contribution in [0.2, 0.25) is 0 Å². The van der Waals surface area contributed by atoms with Gasteiger partial charge in [0.1, 0.15) is 23.9 Å². The molecule has 3 aliphatic carbocycles. The Morgan fingerprint density at radius 1 is 1.07 bits per heavy atom. The van der Waals surface area contributed by atoms with Gasteiger partial charge in [0.2, 0.25) is 0 Å². The van der Waals surface area contributed by atoms with Crippen molar-refractivity contribution in [3.8, 4) is 11.5 Å². The minimum atomic E-state index is -1.83. The number of carbonyl (C=O) groups is 3. The van der Waals surface area contributed by atoms with Gasteiger partial charge in [0.05, 0.1) is 25.6 Å². The minimum Gasteiger partial charge on any atom is -0.493 e. The SMILES string of the molecule is C=C(C)[C@]12C[C@@H](C)[C@@]34O[C@](Cc5ccccc5)(O[C@@H]1[C@@H]3C=C(COC(=O)Cc1ccc(OC(=O)N(C)CCCC)c(OC)c1)C[C@]1(O)C(=O)C(C)=C[C@@H]41)O2. The van der Waals surface area contributed by atoms with Crippen LogP contribution in [-0.4, -0.2) is 84.0 Å². The van der Waals surface area contributed by atoms with E-state index >= 15 is 0 Å². The quantitative estimate of drug-likeness (QED) is 0.196. The maximum Gasteiger partial charge on any atom is 0.415 e. The highest BCUT2D eigenvalue weighted by Crippen LogP contribution is 2.68. The molecule has 0 aromatic heterocycles. The number of fused-ring (bicyclic) bond motifs is 2. The van der Waals surface area contributed by atoms with Gasteiger partial charge in [-0.15, -0.1) is 0 Å². The van der Waals surface area contributed by atoms with E-state index in [-0.39, 0.29) is 36.9 Å². The molecule has 0 spiro atoms. The highest BCUT2D eigenvalue weighted by Gasteiger charge is 2.79. The lowest BCUT2D eigenvalue weighted by Crippen LogP contribution is -2.70. The van der Waals surface area contributed by atoms with Crippen molar-refractivity contribution < 1.29 is 47.9 Å². The first-order chi connectivity index (χ1) is 25.7. The van der Waals surface area contributed by atoms with E-state index in [0.29, 0.717) is 41.8 Å². The van der Waals surface area contributed by atoms with Crippen molar-refractivity contribution in [3.05, 3.63) is 95.1 Å². The minimum absolute atomic E-state index is 0.0358. The fourth-order valence-corrected chi connectivity index (χ4v) is 9.44. The average Bonchev–Trinajstić information content (AvgIpc) is 3.45. The Labute approximate surface area is 316 Å². The second kappa shape index (κ2) is 14.1. The van der Waals surface area contributed by atoms with Gasteiger partial charge in [-0.1, -0.05) is 75.4 Å². The number of carbonyl (C=O) groups excluding carboxylic acids is 3. The van der Waals surface area contributed by atoms with Crippen molar-refractivity contribution in [3.63, 3.8) is 0 Å². The number of methoxy groups -OCH3 is 1. The number of nitrogens with zero attached hydrogens (tertiary/aromatic N) is 1. The number of ketones is 1. The Kier molecular flexibility index (Phi) is 9.92. The van der Waals surface area contributed by atoms with Crippen LogP contribution in [0.3, 0.4) is 0 Å². The molecule has 54 heavy (non-hydrogen) atoms. The van der Waals surface area contributed by atoms with Gasteiger partial charge in [0.15, 0.2) is 17.3 Å². The third-order valence-corrected chi connectivity index (χ3v) is 12.1. The smallest absolute Gasteiger partial charge is 0.415 e. The fraction of sp³-hybridized carbons (Fsp3) is 0.512. The van der Waals surface area contributed by atoms with Gasteiger partial charge >= 0.3 is 12.1 Å². The summed E-state index contributed by atoms with van der Waals surface area (Å²) >= 11 is 0. The summed E-state index contributed by atoms with van der Waals surface area (Å²) in [5.41, 5.74) is -0.371. The highest BCUT2D eigenvalue weighted by atomic mass is 16.9. The van der Waals surface area contributed by atoms with E-state index < -0.39 is 52.8 Å². The molecular weight excluding hydrogens is 690 g/mol. The molecule has 8 atom stereocenters. The van der Waals surface area contributed by atoms with Crippen molar-refractivity contribution in [2.45, 2.75) is 95.1 Å². The van der Waals surface area contributed by atoms with Crippen LogP contribution in [0.15, 0.2) is 84.0 Å². The third kappa shape index (κ3) is 6.19. The molecule has 11 nitrogen and oxygen atoms in total. The molecule has 0 radical (unpaired) electrons. The molecule has 2 aromatic carbocycles. The molecular formula is C43H51NO10. The average molecular weight is 742 g/mol. The number of hydrogen-bond acceptors (Lipinski definition) is 10. The Morgan fingerprint density at radius 3 is 2.54 bits per heavy atom. The second-order valence-electron chi connectivity index (χ2n) is 15.8. The maximum absolute atomic E-state index is 13.9. The topological polar surface area (TPSA) is 130 Å². The van der Waals surface area contributed by atoms with E-state index in [2.05, 4.69) is 13.5 Å². The lowest BCUT2D eigenvalue weighted by atomic mass is 9.55. The summed E-state index contributed by atoms with van der Waals surface area (Å²) in [5, 5.41) is 12.5. The van der Waals surface area contributed by atoms with Crippen LogP contribution >= 0.6 is 0 Å². The predicted octanol–water partition coefficient (Wildman–Crippen LogP) is 6.27. The largest absolute Gasteiger partial charge is 0.493 e. The van der Waals surface area contributed by atoms with E-state index in [1.54, 1.807) is 32.2 Å². The summed E-state index contributed by atoms with van der Waals surface area (Å²) < 4.78 is 37.9. The molecule has 11 heteroatoms. The molecule has 7 rings (SSSR count). The number of ether oxygens (including phenoxy) is 6. The van der Waals surface area contributed by atoms with Crippen LogP contribution < -0.4 is 9.47 Å². The van der Waals surface area contributed by atoms with Crippen LogP contribution in [-0.2, 0) is 41.4 Å². The summed E-state index contributed by atoms with van der Waals surface area (Å²) in [5.74, 6) is -3.17. The first kappa shape index (κ1) is 38.0. The molecule has 1 amide bonds. The number of amides is 1. The molecule has 288 valence electrons. The first-order valence-electron chi connectivity index (χ1n) is 18.9. The number of aliphatic hydroxyl groups is 1. The number of esters is 1. The van der Waals surface area contributed by atoms with Gasteiger partial charge in [0, 0.05) is 31.8 Å². The molecule has 0 unspecified atom stereocenters. The molecule has 1 saturated carbocycles. The van der Waals surface area contributed by atoms with Crippen molar-refractivity contribution in [2.75, 3.05) is 27.3 Å². The predicted molar refractivity (Wildman–Crippen MR) is 199 cm³/mol. The molecule has 2 saturated heterocycles. The van der Waals surface area contributed by atoms with Crippen molar-refractivity contribution in [1.82, 2.24) is 4.90 Å².